The molecule has 2 aromatic heterocycles. The van der Waals surface area contributed by atoms with E-state index in [4.69, 9.17) is 15.6 Å². The van der Waals surface area contributed by atoms with Gasteiger partial charge in [0, 0.05) is 7.05 Å². The zero-order valence-electron chi connectivity index (χ0n) is 12.1. The lowest BCUT2D eigenvalue weighted by Gasteiger charge is -2.18. The van der Waals surface area contributed by atoms with E-state index in [1.54, 1.807) is 7.05 Å². The number of hydrogen-bond acceptors (Lipinski definition) is 10. The summed E-state index contributed by atoms with van der Waals surface area (Å²) >= 11 is 0. The molecule has 11 nitrogen and oxygen atoms in total. The molecule has 2 aromatic rings. The van der Waals surface area contributed by atoms with Gasteiger partial charge < -0.3 is 31.1 Å². The molecule has 0 aliphatic carbocycles. The van der Waals surface area contributed by atoms with Gasteiger partial charge >= 0.3 is 0 Å². The molecule has 3 heterocycles. The van der Waals surface area contributed by atoms with Gasteiger partial charge in [0.1, 0.15) is 35.8 Å². The number of nitrogens with one attached hydrogen (secondary N) is 1. The summed E-state index contributed by atoms with van der Waals surface area (Å²) < 4.78 is 6.64. The average Bonchev–Trinajstić information content (AvgIpc) is 2.80. The van der Waals surface area contributed by atoms with Crippen LogP contribution in [-0.2, 0) is 11.8 Å². The molecule has 11 heteroatoms. The summed E-state index contributed by atoms with van der Waals surface area (Å²) in [5.74, 6) is -0.140. The van der Waals surface area contributed by atoms with Crippen molar-refractivity contribution in [2.24, 2.45) is 7.05 Å². The van der Waals surface area contributed by atoms with Crippen LogP contribution in [0.25, 0.3) is 11.0 Å². The van der Waals surface area contributed by atoms with Gasteiger partial charge in [0.15, 0.2) is 17.7 Å². The van der Waals surface area contributed by atoms with Crippen LogP contribution in [0.4, 0.5) is 11.6 Å². The van der Waals surface area contributed by atoms with Crippen LogP contribution in [0.5, 0.6) is 0 Å². The molecule has 124 valence electrons. The topological polar surface area (TPSA) is 169 Å². The van der Waals surface area contributed by atoms with E-state index in [0.29, 0.717) is 0 Å². The zero-order chi connectivity index (χ0) is 16.7. The lowest BCUT2D eigenvalue weighted by Crippen LogP contribution is -2.37. The number of nitrogens with two attached hydrogens (primary N) is 1. The average molecular weight is 324 g/mol. The van der Waals surface area contributed by atoms with Crippen molar-refractivity contribution in [3.63, 3.8) is 0 Å². The molecule has 0 bridgehead atoms. The summed E-state index contributed by atoms with van der Waals surface area (Å²) in [4.78, 5) is 20.2. The van der Waals surface area contributed by atoms with Crippen LogP contribution in [0.15, 0.2) is 11.1 Å². The molecule has 0 aromatic carbocycles. The second-order valence-electron chi connectivity index (χ2n) is 5.16. The summed E-state index contributed by atoms with van der Waals surface area (Å²) in [6, 6.07) is 0. The molecule has 1 saturated heterocycles. The van der Waals surface area contributed by atoms with Gasteiger partial charge in [0.2, 0.25) is 5.43 Å². The highest BCUT2D eigenvalue weighted by Gasteiger charge is 2.42. The standard InChI is InChI=1S/C12H16N6O5/c1-18-11-5(7(21)9(13)17-18)10(14-3-15-11)16-12-8(22)6(20)4(2-19)23-12/h3-4,6,8,12,19-20,22H,2H2,1H3,(H2,13,17)(H,14,15,16)/t4-,6+,8?,12+/m1/s1. The molecule has 0 amide bonds. The Labute approximate surface area is 129 Å². The van der Waals surface area contributed by atoms with E-state index >= 15 is 0 Å². The highest BCUT2D eigenvalue weighted by molar-refractivity contribution is 5.87. The SMILES string of the molecule is Cn1nc(N)c(=O)c2c(N[C@H]3O[C@H](CO)[C@H](O)C3O)ncnc21. The van der Waals surface area contributed by atoms with Crippen molar-refractivity contribution in [2.45, 2.75) is 24.5 Å². The number of aliphatic hydroxyl groups is 3. The third-order valence-corrected chi connectivity index (χ3v) is 3.67. The number of aromatic nitrogens is 4. The maximum absolute atomic E-state index is 12.2. The van der Waals surface area contributed by atoms with Crippen LogP contribution in [0.1, 0.15) is 0 Å². The lowest BCUT2D eigenvalue weighted by atomic mass is 10.1. The van der Waals surface area contributed by atoms with Gasteiger partial charge in [-0.15, -0.1) is 5.10 Å². The maximum Gasteiger partial charge on any atom is 0.237 e. The minimum absolute atomic E-state index is 0.0829. The van der Waals surface area contributed by atoms with Crippen LogP contribution in [0, 0.1) is 0 Å². The molecule has 1 aliphatic rings. The molecule has 0 saturated carbocycles. The fraction of sp³-hybridized carbons (Fsp3) is 0.500. The van der Waals surface area contributed by atoms with E-state index < -0.39 is 36.6 Å². The van der Waals surface area contributed by atoms with Gasteiger partial charge in [-0.05, 0) is 0 Å². The Balaban J connectivity index is 2.03. The number of nitrogen functional groups attached to an aromatic ring is 1. The summed E-state index contributed by atoms with van der Waals surface area (Å²) in [5.41, 5.74) is 5.26. The summed E-state index contributed by atoms with van der Waals surface area (Å²) in [7, 11) is 1.57. The number of ether oxygens (including phenoxy) is 1. The third-order valence-electron chi connectivity index (χ3n) is 3.67. The Kier molecular flexibility index (Phi) is 3.85. The number of aliphatic hydroxyl groups excluding tert-OH is 3. The van der Waals surface area contributed by atoms with Gasteiger partial charge in [-0.2, -0.15) is 0 Å². The Bertz CT molecular complexity index is 795. The van der Waals surface area contributed by atoms with Crippen LogP contribution in [0.2, 0.25) is 0 Å². The largest absolute Gasteiger partial charge is 0.394 e. The third kappa shape index (κ3) is 2.49. The number of anilines is 2. The molecule has 23 heavy (non-hydrogen) atoms. The number of nitrogens with zero attached hydrogens (tertiary/aromatic N) is 4. The van der Waals surface area contributed by atoms with Crippen molar-refractivity contribution in [3.05, 3.63) is 16.6 Å². The van der Waals surface area contributed by atoms with E-state index in [9.17, 15) is 15.0 Å². The Morgan fingerprint density at radius 2 is 2.13 bits per heavy atom. The van der Waals surface area contributed by atoms with Gasteiger partial charge in [-0.3, -0.25) is 4.79 Å². The normalized spacial score (nSPS) is 27.5. The number of aryl methyl sites for hydroxylation is 1. The highest BCUT2D eigenvalue weighted by Crippen LogP contribution is 2.24. The van der Waals surface area contributed by atoms with E-state index in [1.165, 1.54) is 11.0 Å². The monoisotopic (exact) mass is 324 g/mol. The fourth-order valence-electron chi connectivity index (χ4n) is 2.48. The molecule has 6 N–H and O–H groups in total. The van der Waals surface area contributed by atoms with Gasteiger partial charge in [0.05, 0.1) is 6.61 Å². The molecular formula is C12H16N6O5. The van der Waals surface area contributed by atoms with Crippen LogP contribution in [-0.4, -0.2) is 66.2 Å². The molecule has 0 radical (unpaired) electrons. The molecule has 4 atom stereocenters. The zero-order valence-corrected chi connectivity index (χ0v) is 12.1. The smallest absolute Gasteiger partial charge is 0.237 e. The van der Waals surface area contributed by atoms with Crippen molar-refractivity contribution >= 4 is 22.7 Å². The Hall–Kier alpha value is -2.34. The van der Waals surface area contributed by atoms with Gasteiger partial charge in [-0.25, -0.2) is 14.6 Å². The van der Waals surface area contributed by atoms with Crippen molar-refractivity contribution in [2.75, 3.05) is 17.7 Å². The number of rotatable bonds is 3. The second kappa shape index (κ2) is 5.70. The van der Waals surface area contributed by atoms with Crippen molar-refractivity contribution < 1.29 is 20.1 Å². The van der Waals surface area contributed by atoms with Crippen LogP contribution in [0.3, 0.4) is 0 Å². The lowest BCUT2D eigenvalue weighted by molar-refractivity contribution is -0.0153. The summed E-state index contributed by atoms with van der Waals surface area (Å²) in [5, 5.41) is 35.5. The van der Waals surface area contributed by atoms with Crippen LogP contribution < -0.4 is 16.5 Å². The predicted molar refractivity (Wildman–Crippen MR) is 78.4 cm³/mol. The predicted octanol–water partition coefficient (Wildman–Crippen LogP) is -2.84. The molecule has 0 spiro atoms. The van der Waals surface area contributed by atoms with Crippen molar-refractivity contribution in [1.29, 1.82) is 0 Å². The quantitative estimate of drug-likeness (QED) is 0.396. The Morgan fingerprint density at radius 1 is 1.39 bits per heavy atom. The van der Waals surface area contributed by atoms with Gasteiger partial charge in [0.25, 0.3) is 0 Å². The fourth-order valence-corrected chi connectivity index (χ4v) is 2.48. The first-order chi connectivity index (χ1) is 10.9. The Morgan fingerprint density at radius 3 is 2.78 bits per heavy atom. The maximum atomic E-state index is 12.2. The molecular weight excluding hydrogens is 308 g/mol. The molecule has 1 aliphatic heterocycles. The van der Waals surface area contributed by atoms with Crippen molar-refractivity contribution in [1.82, 2.24) is 19.7 Å². The first kappa shape index (κ1) is 15.6. The van der Waals surface area contributed by atoms with Crippen molar-refractivity contribution in [3.8, 4) is 0 Å². The molecule has 3 rings (SSSR count). The van der Waals surface area contributed by atoms with Gasteiger partial charge in [-0.1, -0.05) is 0 Å². The molecule has 1 fully saturated rings. The second-order valence-corrected chi connectivity index (χ2v) is 5.16. The van der Waals surface area contributed by atoms with Crippen LogP contribution >= 0.6 is 0 Å². The van der Waals surface area contributed by atoms with E-state index in [-0.39, 0.29) is 22.7 Å². The first-order valence-corrected chi connectivity index (χ1v) is 6.80. The van der Waals surface area contributed by atoms with E-state index in [2.05, 4.69) is 20.4 Å². The first-order valence-electron chi connectivity index (χ1n) is 6.80. The number of fused-ring (bicyclic) bond motifs is 1. The van der Waals surface area contributed by atoms with E-state index in [0.717, 1.165) is 0 Å². The minimum Gasteiger partial charge on any atom is -0.394 e. The molecule has 1 unspecified atom stereocenters. The number of hydrogen-bond donors (Lipinski definition) is 5. The summed E-state index contributed by atoms with van der Waals surface area (Å²) in [6.45, 7) is -0.459. The highest BCUT2D eigenvalue weighted by atomic mass is 16.6. The minimum atomic E-state index is -1.31. The summed E-state index contributed by atoms with van der Waals surface area (Å²) in [6.07, 6.45) is -3.35. The van der Waals surface area contributed by atoms with E-state index in [1.807, 2.05) is 0 Å².